The zero-order valence-electron chi connectivity index (χ0n) is 15.3. The van der Waals surface area contributed by atoms with Crippen LogP contribution in [-0.2, 0) is 6.42 Å². The number of rotatable bonds is 4. The van der Waals surface area contributed by atoms with E-state index in [9.17, 15) is 4.79 Å². The van der Waals surface area contributed by atoms with Gasteiger partial charge in [0, 0.05) is 5.56 Å². The summed E-state index contributed by atoms with van der Waals surface area (Å²) in [7, 11) is 1.65. The molecule has 6 heteroatoms. The number of nitrogens with one attached hydrogen (secondary N) is 1. The van der Waals surface area contributed by atoms with Crippen molar-refractivity contribution in [3.05, 3.63) is 41.1 Å². The van der Waals surface area contributed by atoms with Gasteiger partial charge < -0.3 is 10.1 Å². The van der Waals surface area contributed by atoms with Gasteiger partial charge >= 0.3 is 0 Å². The molecule has 26 heavy (non-hydrogen) atoms. The number of amides is 1. The van der Waals surface area contributed by atoms with E-state index in [4.69, 9.17) is 14.8 Å². The Morgan fingerprint density at radius 1 is 1.31 bits per heavy atom. The van der Waals surface area contributed by atoms with Gasteiger partial charge in [0.05, 0.1) is 31.1 Å². The molecule has 2 aromatic rings. The number of aryl methyl sites for hydroxylation is 1. The van der Waals surface area contributed by atoms with Crippen molar-refractivity contribution in [2.24, 2.45) is 4.99 Å². The Hall–Kier alpha value is -2.63. The standard InChI is InChI=1S/C20H24N4O2/c1-3-16-18-19(24(23-16)14-8-4-5-9-14)22-17(12-21-20(18)25)13-7-6-10-15(11-13)26-2/h6-7,10-11,14H,3-5,8-9,12H2,1-2H3,(H,21,25). The van der Waals surface area contributed by atoms with Crippen LogP contribution in [0.2, 0.25) is 0 Å². The highest BCUT2D eigenvalue weighted by Crippen LogP contribution is 2.36. The molecule has 1 fully saturated rings. The second-order valence-corrected chi connectivity index (χ2v) is 6.85. The maximum atomic E-state index is 12.8. The molecule has 1 N–H and O–H groups in total. The van der Waals surface area contributed by atoms with E-state index in [1.807, 2.05) is 35.9 Å². The summed E-state index contributed by atoms with van der Waals surface area (Å²) in [5.74, 6) is 1.41. The molecule has 0 radical (unpaired) electrons. The number of fused-ring (bicyclic) bond motifs is 1. The van der Waals surface area contributed by atoms with Crippen LogP contribution in [0.4, 0.5) is 5.82 Å². The summed E-state index contributed by atoms with van der Waals surface area (Å²) >= 11 is 0. The van der Waals surface area contributed by atoms with Gasteiger partial charge in [-0.1, -0.05) is 31.9 Å². The molecule has 1 aromatic carbocycles. The van der Waals surface area contributed by atoms with Gasteiger partial charge in [-0.3, -0.25) is 4.79 Å². The predicted octanol–water partition coefficient (Wildman–Crippen LogP) is 3.43. The van der Waals surface area contributed by atoms with E-state index in [0.717, 1.165) is 42.0 Å². The van der Waals surface area contributed by atoms with Gasteiger partial charge in [0.15, 0.2) is 5.82 Å². The molecule has 0 bridgehead atoms. The fourth-order valence-electron chi connectivity index (χ4n) is 3.85. The average Bonchev–Trinajstić information content (AvgIpc) is 3.28. The molecule has 0 saturated heterocycles. The molecule has 0 unspecified atom stereocenters. The van der Waals surface area contributed by atoms with E-state index in [1.165, 1.54) is 12.8 Å². The molecule has 136 valence electrons. The van der Waals surface area contributed by atoms with Crippen LogP contribution < -0.4 is 10.1 Å². The van der Waals surface area contributed by atoms with E-state index >= 15 is 0 Å². The number of hydrogen-bond acceptors (Lipinski definition) is 4. The number of carbonyl (C=O) groups excluding carboxylic acids is 1. The van der Waals surface area contributed by atoms with Crippen LogP contribution >= 0.6 is 0 Å². The SMILES string of the molecule is CCc1nn(C2CCCC2)c2c1C(=O)NCC(c1cccc(OC)c1)=N2. The molecule has 2 aliphatic rings. The van der Waals surface area contributed by atoms with Crippen molar-refractivity contribution in [3.63, 3.8) is 0 Å². The van der Waals surface area contributed by atoms with Gasteiger partial charge in [-0.15, -0.1) is 0 Å². The minimum atomic E-state index is -0.0808. The van der Waals surface area contributed by atoms with Crippen LogP contribution in [0.1, 0.15) is 60.3 Å². The van der Waals surface area contributed by atoms with Crippen LogP contribution in [-0.4, -0.2) is 35.1 Å². The predicted molar refractivity (Wildman–Crippen MR) is 101 cm³/mol. The topological polar surface area (TPSA) is 68.5 Å². The summed E-state index contributed by atoms with van der Waals surface area (Å²) < 4.78 is 7.34. The van der Waals surface area contributed by atoms with Crippen molar-refractivity contribution < 1.29 is 9.53 Å². The summed E-state index contributed by atoms with van der Waals surface area (Å²) in [5, 5.41) is 7.77. The first-order valence-corrected chi connectivity index (χ1v) is 9.32. The third-order valence-corrected chi connectivity index (χ3v) is 5.25. The first-order valence-electron chi connectivity index (χ1n) is 9.32. The van der Waals surface area contributed by atoms with Crippen molar-refractivity contribution in [2.45, 2.75) is 45.1 Å². The molecule has 1 aliphatic carbocycles. The van der Waals surface area contributed by atoms with Gasteiger partial charge in [0.25, 0.3) is 5.91 Å². The van der Waals surface area contributed by atoms with Crippen LogP contribution in [0, 0.1) is 0 Å². The normalized spacial score (nSPS) is 17.5. The van der Waals surface area contributed by atoms with Crippen molar-refractivity contribution in [1.82, 2.24) is 15.1 Å². The maximum absolute atomic E-state index is 12.8. The van der Waals surface area contributed by atoms with Crippen LogP contribution in [0.25, 0.3) is 0 Å². The van der Waals surface area contributed by atoms with E-state index < -0.39 is 0 Å². The minimum Gasteiger partial charge on any atom is -0.497 e. The Morgan fingerprint density at radius 2 is 2.12 bits per heavy atom. The van der Waals surface area contributed by atoms with Crippen molar-refractivity contribution >= 4 is 17.4 Å². The number of hydrogen-bond donors (Lipinski definition) is 1. The summed E-state index contributed by atoms with van der Waals surface area (Å²) in [5.41, 5.74) is 3.25. The minimum absolute atomic E-state index is 0.0808. The van der Waals surface area contributed by atoms with Crippen LogP contribution in [0.5, 0.6) is 5.75 Å². The van der Waals surface area contributed by atoms with Gasteiger partial charge in [0.2, 0.25) is 0 Å². The monoisotopic (exact) mass is 352 g/mol. The molecule has 4 rings (SSSR count). The Kier molecular flexibility index (Phi) is 4.49. The second-order valence-electron chi connectivity index (χ2n) is 6.85. The number of ether oxygens (including phenoxy) is 1. The smallest absolute Gasteiger partial charge is 0.257 e. The fourth-order valence-corrected chi connectivity index (χ4v) is 3.85. The van der Waals surface area contributed by atoms with E-state index in [-0.39, 0.29) is 5.91 Å². The third-order valence-electron chi connectivity index (χ3n) is 5.25. The van der Waals surface area contributed by atoms with E-state index in [0.29, 0.717) is 24.0 Å². The van der Waals surface area contributed by atoms with E-state index in [1.54, 1.807) is 7.11 Å². The Bertz CT molecular complexity index is 863. The van der Waals surface area contributed by atoms with Gasteiger partial charge in [-0.05, 0) is 31.4 Å². The molecular formula is C20H24N4O2. The first-order chi connectivity index (χ1) is 12.7. The van der Waals surface area contributed by atoms with Gasteiger partial charge in [-0.2, -0.15) is 5.10 Å². The first kappa shape index (κ1) is 16.8. The highest BCUT2D eigenvalue weighted by atomic mass is 16.5. The van der Waals surface area contributed by atoms with Crippen LogP contribution in [0.15, 0.2) is 29.3 Å². The molecule has 0 spiro atoms. The molecule has 1 aromatic heterocycles. The van der Waals surface area contributed by atoms with Crippen molar-refractivity contribution in [2.75, 3.05) is 13.7 Å². The Morgan fingerprint density at radius 3 is 2.85 bits per heavy atom. The summed E-state index contributed by atoms with van der Waals surface area (Å²) in [6.45, 7) is 2.43. The number of benzene rings is 1. The number of aromatic nitrogens is 2. The lowest BCUT2D eigenvalue weighted by atomic mass is 10.1. The number of methoxy groups -OCH3 is 1. The summed E-state index contributed by atoms with van der Waals surface area (Å²) in [4.78, 5) is 17.7. The molecule has 1 amide bonds. The highest BCUT2D eigenvalue weighted by Gasteiger charge is 2.30. The van der Waals surface area contributed by atoms with Gasteiger partial charge in [-0.25, -0.2) is 9.67 Å². The third kappa shape index (κ3) is 2.89. The molecule has 2 heterocycles. The van der Waals surface area contributed by atoms with Crippen molar-refractivity contribution in [3.8, 4) is 5.75 Å². The summed E-state index contributed by atoms with van der Waals surface area (Å²) in [6.07, 6.45) is 5.34. The largest absolute Gasteiger partial charge is 0.497 e. The molecule has 1 aliphatic heterocycles. The number of aliphatic imine (C=N–C) groups is 1. The number of nitrogens with zero attached hydrogens (tertiary/aromatic N) is 3. The van der Waals surface area contributed by atoms with Gasteiger partial charge in [0.1, 0.15) is 11.3 Å². The second kappa shape index (κ2) is 6.94. The lowest BCUT2D eigenvalue weighted by molar-refractivity contribution is 0.0960. The molecule has 0 atom stereocenters. The molecule has 6 nitrogen and oxygen atoms in total. The zero-order chi connectivity index (χ0) is 18.1. The van der Waals surface area contributed by atoms with Crippen molar-refractivity contribution in [1.29, 1.82) is 0 Å². The molecule has 1 saturated carbocycles. The zero-order valence-corrected chi connectivity index (χ0v) is 15.3. The number of carbonyl (C=O) groups is 1. The maximum Gasteiger partial charge on any atom is 0.257 e. The Labute approximate surface area is 153 Å². The van der Waals surface area contributed by atoms with Crippen LogP contribution in [0.3, 0.4) is 0 Å². The average molecular weight is 352 g/mol. The molecular weight excluding hydrogens is 328 g/mol. The summed E-state index contributed by atoms with van der Waals surface area (Å²) in [6, 6.07) is 8.13. The lowest BCUT2D eigenvalue weighted by Crippen LogP contribution is -2.28. The quantitative estimate of drug-likeness (QED) is 0.916. The lowest BCUT2D eigenvalue weighted by Gasteiger charge is -2.12. The fraction of sp³-hybridized carbons (Fsp3) is 0.450. The van der Waals surface area contributed by atoms with E-state index in [2.05, 4.69) is 5.32 Å². The Balaban J connectivity index is 1.85. The highest BCUT2D eigenvalue weighted by molar-refractivity contribution is 6.10.